The van der Waals surface area contributed by atoms with E-state index in [0.717, 1.165) is 5.56 Å². The van der Waals surface area contributed by atoms with E-state index in [4.69, 9.17) is 23.2 Å². The van der Waals surface area contributed by atoms with Gasteiger partial charge in [0, 0.05) is 48.0 Å². The lowest BCUT2D eigenvalue weighted by Crippen LogP contribution is -2.50. The van der Waals surface area contributed by atoms with Crippen molar-refractivity contribution in [3.8, 4) is 0 Å². The van der Waals surface area contributed by atoms with Crippen LogP contribution in [-0.2, 0) is 0 Å². The van der Waals surface area contributed by atoms with Crippen LogP contribution in [0.1, 0.15) is 36.6 Å². The molecule has 0 spiro atoms. The van der Waals surface area contributed by atoms with Gasteiger partial charge in [-0.15, -0.1) is 0 Å². The van der Waals surface area contributed by atoms with Gasteiger partial charge in [0.1, 0.15) is 0 Å². The van der Waals surface area contributed by atoms with Gasteiger partial charge in [-0.2, -0.15) is 0 Å². The largest absolute Gasteiger partial charge is 0.335 e. The third kappa shape index (κ3) is 5.24. The van der Waals surface area contributed by atoms with Gasteiger partial charge in [-0.1, -0.05) is 47.5 Å². The molecule has 3 amide bonds. The fraction of sp³-hybridized carbons (Fsp3) is 0.192. The van der Waals surface area contributed by atoms with Gasteiger partial charge in [0.25, 0.3) is 17.7 Å². The number of nitrogens with zero attached hydrogens (tertiary/aromatic N) is 2. The number of hydrogen-bond donors (Lipinski definition) is 1. The van der Waals surface area contributed by atoms with E-state index < -0.39 is 0 Å². The summed E-state index contributed by atoms with van der Waals surface area (Å²) in [5.74, 6) is -0.567. The smallest absolute Gasteiger partial charge is 0.255 e. The van der Waals surface area contributed by atoms with E-state index in [1.54, 1.807) is 64.4 Å². The minimum Gasteiger partial charge on any atom is -0.335 e. The molecule has 174 valence electrons. The number of piperazine rings is 1. The lowest BCUT2D eigenvalue weighted by atomic mass is 10.1. The number of amides is 3. The molecule has 1 fully saturated rings. The lowest BCUT2D eigenvalue weighted by molar-refractivity contribution is 0.0535. The summed E-state index contributed by atoms with van der Waals surface area (Å²) < 4.78 is 0. The zero-order chi connectivity index (χ0) is 24.2. The van der Waals surface area contributed by atoms with E-state index >= 15 is 0 Å². The van der Waals surface area contributed by atoms with Gasteiger partial charge in [0.2, 0.25) is 0 Å². The summed E-state index contributed by atoms with van der Waals surface area (Å²) in [5, 5.41) is 3.66. The number of halogens is 2. The number of benzene rings is 3. The normalized spacial score (nSPS) is 13.5. The van der Waals surface area contributed by atoms with Crippen molar-refractivity contribution in [1.82, 2.24) is 9.80 Å². The van der Waals surface area contributed by atoms with E-state index in [1.807, 2.05) is 19.1 Å². The Labute approximate surface area is 208 Å². The second-order valence-corrected chi connectivity index (χ2v) is 8.90. The van der Waals surface area contributed by atoms with E-state index in [2.05, 4.69) is 5.32 Å². The van der Waals surface area contributed by atoms with Crippen LogP contribution >= 0.6 is 23.2 Å². The summed E-state index contributed by atoms with van der Waals surface area (Å²) >= 11 is 12.1. The van der Waals surface area contributed by atoms with Crippen LogP contribution in [0.3, 0.4) is 0 Å². The lowest BCUT2D eigenvalue weighted by Gasteiger charge is -2.35. The molecule has 8 heteroatoms. The predicted molar refractivity (Wildman–Crippen MR) is 134 cm³/mol. The van der Waals surface area contributed by atoms with Crippen LogP contribution in [0.4, 0.5) is 5.69 Å². The number of carbonyl (C=O) groups is 3. The summed E-state index contributed by atoms with van der Waals surface area (Å²) in [4.78, 5) is 41.9. The molecule has 1 aliphatic rings. The van der Waals surface area contributed by atoms with Crippen molar-refractivity contribution in [3.05, 3.63) is 99.0 Å². The van der Waals surface area contributed by atoms with Crippen molar-refractivity contribution in [2.24, 2.45) is 0 Å². The summed E-state index contributed by atoms with van der Waals surface area (Å²) in [6.45, 7) is 3.46. The summed E-state index contributed by atoms with van der Waals surface area (Å²) in [5.41, 5.74) is 2.86. The van der Waals surface area contributed by atoms with Gasteiger partial charge >= 0.3 is 0 Å². The monoisotopic (exact) mass is 495 g/mol. The Bertz CT molecular complexity index is 1240. The molecule has 6 nitrogen and oxygen atoms in total. The summed E-state index contributed by atoms with van der Waals surface area (Å²) in [7, 11) is 0. The highest BCUT2D eigenvalue weighted by molar-refractivity contribution is 6.36. The maximum Gasteiger partial charge on any atom is 0.255 e. The van der Waals surface area contributed by atoms with Gasteiger partial charge in [-0.25, -0.2) is 0 Å². The van der Waals surface area contributed by atoms with Crippen molar-refractivity contribution in [3.63, 3.8) is 0 Å². The third-order valence-electron chi connectivity index (χ3n) is 5.78. The van der Waals surface area contributed by atoms with Crippen molar-refractivity contribution >= 4 is 46.6 Å². The SMILES string of the molecule is Cc1ccc(C(=O)N2CCN(C(=O)c3ccc(Cl)cc3Cl)CC2)cc1NC(=O)c1ccccc1. The molecular weight excluding hydrogens is 473 g/mol. The standard InChI is InChI=1S/C26H23Cl2N3O3/c1-17-7-8-19(15-23(17)29-24(32)18-5-3-2-4-6-18)25(33)30-11-13-31(14-12-30)26(34)21-10-9-20(27)16-22(21)28/h2-10,15-16H,11-14H2,1H3,(H,29,32). The molecule has 1 aliphatic heterocycles. The fourth-order valence-electron chi connectivity index (χ4n) is 3.80. The van der Waals surface area contributed by atoms with E-state index in [9.17, 15) is 14.4 Å². The molecule has 1 saturated heterocycles. The predicted octanol–water partition coefficient (Wildman–Crippen LogP) is 5.15. The first-order valence-corrected chi connectivity index (χ1v) is 11.6. The maximum atomic E-state index is 13.1. The molecule has 1 heterocycles. The van der Waals surface area contributed by atoms with Gasteiger partial charge in [-0.05, 0) is 55.0 Å². The minimum atomic E-state index is -0.235. The second kappa shape index (κ2) is 10.3. The highest BCUT2D eigenvalue weighted by atomic mass is 35.5. The number of rotatable bonds is 4. The van der Waals surface area contributed by atoms with Crippen molar-refractivity contribution in [2.75, 3.05) is 31.5 Å². The third-order valence-corrected chi connectivity index (χ3v) is 6.33. The maximum absolute atomic E-state index is 13.1. The molecular formula is C26H23Cl2N3O3. The quantitative estimate of drug-likeness (QED) is 0.543. The van der Waals surface area contributed by atoms with Gasteiger partial charge in [-0.3, -0.25) is 14.4 Å². The molecule has 0 aromatic heterocycles. The molecule has 34 heavy (non-hydrogen) atoms. The van der Waals surface area contributed by atoms with Crippen LogP contribution in [0.15, 0.2) is 66.7 Å². The van der Waals surface area contributed by atoms with E-state index in [-0.39, 0.29) is 17.7 Å². The molecule has 0 saturated carbocycles. The average Bonchev–Trinajstić information content (AvgIpc) is 2.85. The molecule has 3 aromatic carbocycles. The van der Waals surface area contributed by atoms with Crippen molar-refractivity contribution in [2.45, 2.75) is 6.92 Å². The number of aryl methyl sites for hydroxylation is 1. The van der Waals surface area contributed by atoms with E-state index in [0.29, 0.717) is 58.6 Å². The fourth-order valence-corrected chi connectivity index (χ4v) is 4.29. The van der Waals surface area contributed by atoms with Gasteiger partial charge in [0.05, 0.1) is 10.6 Å². The average molecular weight is 496 g/mol. The van der Waals surface area contributed by atoms with Crippen LogP contribution in [0.25, 0.3) is 0 Å². The number of anilines is 1. The van der Waals surface area contributed by atoms with Crippen LogP contribution in [0, 0.1) is 6.92 Å². The molecule has 4 rings (SSSR count). The Kier molecular flexibility index (Phi) is 7.20. The Morgan fingerprint density at radius 2 is 1.41 bits per heavy atom. The molecule has 0 radical (unpaired) electrons. The first kappa shape index (κ1) is 23.8. The van der Waals surface area contributed by atoms with Crippen LogP contribution in [0.5, 0.6) is 0 Å². The second-order valence-electron chi connectivity index (χ2n) is 8.06. The first-order valence-electron chi connectivity index (χ1n) is 10.8. The van der Waals surface area contributed by atoms with Crippen LogP contribution < -0.4 is 5.32 Å². The molecule has 0 atom stereocenters. The van der Waals surface area contributed by atoms with Crippen LogP contribution in [0.2, 0.25) is 10.0 Å². The van der Waals surface area contributed by atoms with E-state index in [1.165, 1.54) is 0 Å². The van der Waals surface area contributed by atoms with Gasteiger partial charge < -0.3 is 15.1 Å². The Morgan fingerprint density at radius 3 is 2.06 bits per heavy atom. The van der Waals surface area contributed by atoms with Crippen LogP contribution in [-0.4, -0.2) is 53.7 Å². The van der Waals surface area contributed by atoms with Crippen molar-refractivity contribution in [1.29, 1.82) is 0 Å². The highest BCUT2D eigenvalue weighted by Gasteiger charge is 2.27. The Morgan fingerprint density at radius 1 is 0.765 bits per heavy atom. The number of nitrogens with one attached hydrogen (secondary N) is 1. The first-order chi connectivity index (χ1) is 16.3. The minimum absolute atomic E-state index is 0.146. The molecule has 1 N–H and O–H groups in total. The molecule has 3 aromatic rings. The number of hydrogen-bond acceptors (Lipinski definition) is 3. The number of carbonyl (C=O) groups excluding carboxylic acids is 3. The molecule has 0 bridgehead atoms. The summed E-state index contributed by atoms with van der Waals surface area (Å²) in [6, 6.07) is 19.0. The molecule has 0 aliphatic carbocycles. The van der Waals surface area contributed by atoms with Gasteiger partial charge in [0.15, 0.2) is 0 Å². The van der Waals surface area contributed by atoms with Crippen molar-refractivity contribution < 1.29 is 14.4 Å². The zero-order valence-corrected chi connectivity index (χ0v) is 20.1. The zero-order valence-electron chi connectivity index (χ0n) is 18.6. The Balaban J connectivity index is 1.41. The molecule has 0 unspecified atom stereocenters. The topological polar surface area (TPSA) is 69.7 Å². The summed E-state index contributed by atoms with van der Waals surface area (Å²) in [6.07, 6.45) is 0. The Hall–Kier alpha value is -3.35. The highest BCUT2D eigenvalue weighted by Crippen LogP contribution is 2.24.